The second-order valence-corrected chi connectivity index (χ2v) is 5.64. The Morgan fingerprint density at radius 1 is 1.09 bits per heavy atom. The number of hydrogen-bond acceptors (Lipinski definition) is 3. The molecule has 0 aliphatic rings. The molecule has 0 bridgehead atoms. The summed E-state index contributed by atoms with van der Waals surface area (Å²) in [6.07, 6.45) is 0.253. The number of methoxy groups -OCH3 is 2. The lowest BCUT2D eigenvalue weighted by Crippen LogP contribution is -2.05. The molecule has 0 heterocycles. The number of esters is 1. The fraction of sp³-hybridized carbons (Fsp3) is 0.278. The number of halogens is 1. The van der Waals surface area contributed by atoms with Crippen molar-refractivity contribution in [2.75, 3.05) is 14.2 Å². The van der Waals surface area contributed by atoms with Gasteiger partial charge in [-0.3, -0.25) is 4.79 Å². The van der Waals surface area contributed by atoms with Gasteiger partial charge in [-0.15, -0.1) is 0 Å². The van der Waals surface area contributed by atoms with Crippen molar-refractivity contribution in [3.63, 3.8) is 0 Å². The molecule has 0 fully saturated rings. The summed E-state index contributed by atoms with van der Waals surface area (Å²) in [4.78, 5) is 11.5. The van der Waals surface area contributed by atoms with Gasteiger partial charge in [0.15, 0.2) is 0 Å². The van der Waals surface area contributed by atoms with Crippen molar-refractivity contribution in [2.45, 2.75) is 18.7 Å². The largest absolute Gasteiger partial charge is 0.496 e. The molecule has 0 atom stereocenters. The quantitative estimate of drug-likeness (QED) is 0.588. The molecule has 0 unspecified atom stereocenters. The van der Waals surface area contributed by atoms with E-state index in [9.17, 15) is 4.79 Å². The van der Waals surface area contributed by atoms with Gasteiger partial charge in [0.1, 0.15) is 5.75 Å². The van der Waals surface area contributed by atoms with E-state index in [0.29, 0.717) is 0 Å². The van der Waals surface area contributed by atoms with Crippen LogP contribution in [0, 0.1) is 6.92 Å². The van der Waals surface area contributed by atoms with Gasteiger partial charge in [-0.25, -0.2) is 0 Å². The van der Waals surface area contributed by atoms with Crippen LogP contribution in [0.15, 0.2) is 36.4 Å². The first-order valence-electron chi connectivity index (χ1n) is 6.98. The highest BCUT2D eigenvalue weighted by Crippen LogP contribution is 2.34. The number of rotatable bonds is 5. The summed E-state index contributed by atoms with van der Waals surface area (Å²) in [6.45, 7) is 2.07. The first kappa shape index (κ1) is 16.6. The summed E-state index contributed by atoms with van der Waals surface area (Å²) in [7, 11) is 3.05. The molecule has 0 amide bonds. The monoisotopic (exact) mass is 362 g/mol. The van der Waals surface area contributed by atoms with Gasteiger partial charge in [-0.1, -0.05) is 45.8 Å². The Morgan fingerprint density at radius 2 is 1.86 bits per heavy atom. The predicted molar refractivity (Wildman–Crippen MR) is 91.5 cm³/mol. The lowest BCUT2D eigenvalue weighted by molar-refractivity contribution is -0.139. The van der Waals surface area contributed by atoms with Crippen LogP contribution in [0.1, 0.15) is 16.7 Å². The Morgan fingerprint density at radius 3 is 2.50 bits per heavy atom. The minimum atomic E-state index is -0.249. The Kier molecular flexibility index (Phi) is 5.61. The second kappa shape index (κ2) is 7.45. The first-order chi connectivity index (χ1) is 10.6. The van der Waals surface area contributed by atoms with E-state index >= 15 is 0 Å². The van der Waals surface area contributed by atoms with Crippen molar-refractivity contribution >= 4 is 21.9 Å². The third-order valence-electron chi connectivity index (χ3n) is 3.53. The van der Waals surface area contributed by atoms with Crippen LogP contribution in [0.2, 0.25) is 0 Å². The van der Waals surface area contributed by atoms with Gasteiger partial charge in [0.25, 0.3) is 0 Å². The van der Waals surface area contributed by atoms with Crippen LogP contribution >= 0.6 is 15.9 Å². The van der Waals surface area contributed by atoms with Crippen LogP contribution in [0.5, 0.6) is 5.75 Å². The molecule has 0 spiro atoms. The maximum absolute atomic E-state index is 11.5. The summed E-state index contributed by atoms with van der Waals surface area (Å²) in [5.41, 5.74) is 5.39. The van der Waals surface area contributed by atoms with Crippen molar-refractivity contribution in [3.05, 3.63) is 53.1 Å². The molecule has 0 aliphatic carbocycles. The van der Waals surface area contributed by atoms with E-state index in [1.54, 1.807) is 7.11 Å². The van der Waals surface area contributed by atoms with Gasteiger partial charge in [-0.2, -0.15) is 0 Å². The topological polar surface area (TPSA) is 35.5 Å². The zero-order valence-corrected chi connectivity index (χ0v) is 14.6. The number of alkyl halides is 1. The minimum Gasteiger partial charge on any atom is -0.496 e. The third-order valence-corrected chi connectivity index (χ3v) is 4.14. The molecular formula is C18H19BrO3. The molecule has 22 heavy (non-hydrogen) atoms. The van der Waals surface area contributed by atoms with Crippen molar-refractivity contribution in [1.82, 2.24) is 0 Å². The highest BCUT2D eigenvalue weighted by Gasteiger charge is 2.13. The van der Waals surface area contributed by atoms with Crippen LogP contribution in [-0.2, 0) is 21.3 Å². The highest BCUT2D eigenvalue weighted by atomic mass is 79.9. The molecule has 0 radical (unpaired) electrons. The number of hydrogen-bond donors (Lipinski definition) is 0. The molecule has 0 aliphatic heterocycles. The summed E-state index contributed by atoms with van der Waals surface area (Å²) >= 11 is 3.54. The maximum atomic E-state index is 11.5. The van der Waals surface area contributed by atoms with Gasteiger partial charge in [0.05, 0.1) is 20.6 Å². The van der Waals surface area contributed by atoms with Crippen molar-refractivity contribution in [1.29, 1.82) is 0 Å². The molecular weight excluding hydrogens is 344 g/mol. The summed E-state index contributed by atoms with van der Waals surface area (Å²) in [5, 5.41) is 0.758. The SMILES string of the molecule is COC(=O)Cc1ccc(OC)c(-c2ccc(C)cc2CBr)c1. The minimum absolute atomic E-state index is 0.249. The van der Waals surface area contributed by atoms with Crippen LogP contribution in [0.25, 0.3) is 11.1 Å². The van der Waals surface area contributed by atoms with Crippen molar-refractivity contribution < 1.29 is 14.3 Å². The standard InChI is InChI=1S/C18H19BrO3/c1-12-4-6-15(14(8-12)11-19)16-9-13(10-18(20)22-3)5-7-17(16)21-2/h4-9H,10-11H2,1-3H3. The lowest BCUT2D eigenvalue weighted by atomic mass is 9.96. The van der Waals surface area contributed by atoms with E-state index in [0.717, 1.165) is 27.8 Å². The van der Waals surface area contributed by atoms with E-state index < -0.39 is 0 Å². The van der Waals surface area contributed by atoms with Crippen LogP contribution in [0.4, 0.5) is 0 Å². The third kappa shape index (κ3) is 3.69. The molecule has 3 nitrogen and oxygen atoms in total. The highest BCUT2D eigenvalue weighted by molar-refractivity contribution is 9.08. The van der Waals surface area contributed by atoms with E-state index in [1.165, 1.54) is 18.2 Å². The predicted octanol–water partition coefficient (Wildman–Crippen LogP) is 4.28. The molecule has 0 saturated heterocycles. The van der Waals surface area contributed by atoms with Crippen LogP contribution in [0.3, 0.4) is 0 Å². The number of carbonyl (C=O) groups excluding carboxylic acids is 1. The Hall–Kier alpha value is -1.81. The van der Waals surface area contributed by atoms with Crippen molar-refractivity contribution in [2.24, 2.45) is 0 Å². The number of ether oxygens (including phenoxy) is 2. The summed E-state index contributed by atoms with van der Waals surface area (Å²) in [6, 6.07) is 12.1. The molecule has 0 N–H and O–H groups in total. The fourth-order valence-corrected chi connectivity index (χ4v) is 2.87. The number of aryl methyl sites for hydroxylation is 1. The lowest BCUT2D eigenvalue weighted by Gasteiger charge is -2.14. The van der Waals surface area contributed by atoms with Crippen LogP contribution in [-0.4, -0.2) is 20.2 Å². The van der Waals surface area contributed by atoms with E-state index in [1.807, 2.05) is 18.2 Å². The molecule has 0 saturated carbocycles. The van der Waals surface area contributed by atoms with Crippen LogP contribution < -0.4 is 4.74 Å². The Balaban J connectivity index is 2.52. The molecule has 2 aromatic carbocycles. The smallest absolute Gasteiger partial charge is 0.309 e. The van der Waals surface area contributed by atoms with Gasteiger partial charge in [0, 0.05) is 10.9 Å². The summed E-state index contributed by atoms with van der Waals surface area (Å²) in [5.74, 6) is 0.542. The van der Waals surface area contributed by atoms with Gasteiger partial charge < -0.3 is 9.47 Å². The summed E-state index contributed by atoms with van der Waals surface area (Å²) < 4.78 is 10.2. The zero-order chi connectivity index (χ0) is 16.1. The number of carbonyl (C=O) groups is 1. The van der Waals surface area contributed by atoms with Gasteiger partial charge in [0.2, 0.25) is 0 Å². The molecule has 116 valence electrons. The first-order valence-corrected chi connectivity index (χ1v) is 8.10. The van der Waals surface area contributed by atoms with Gasteiger partial charge >= 0.3 is 5.97 Å². The Bertz CT molecular complexity index is 680. The second-order valence-electron chi connectivity index (χ2n) is 5.08. The molecule has 2 aromatic rings. The maximum Gasteiger partial charge on any atom is 0.309 e. The average molecular weight is 363 g/mol. The molecule has 0 aromatic heterocycles. The zero-order valence-electron chi connectivity index (χ0n) is 13.0. The van der Waals surface area contributed by atoms with Gasteiger partial charge in [-0.05, 0) is 35.7 Å². The normalized spacial score (nSPS) is 10.4. The Labute approximate surface area is 139 Å². The van der Waals surface area contributed by atoms with E-state index in [-0.39, 0.29) is 12.4 Å². The molecule has 4 heteroatoms. The van der Waals surface area contributed by atoms with E-state index in [4.69, 9.17) is 9.47 Å². The fourth-order valence-electron chi connectivity index (χ4n) is 2.41. The van der Waals surface area contributed by atoms with E-state index in [2.05, 4.69) is 41.1 Å². The van der Waals surface area contributed by atoms with Crippen molar-refractivity contribution in [3.8, 4) is 16.9 Å². The molecule has 2 rings (SSSR count). The average Bonchev–Trinajstić information content (AvgIpc) is 2.54. The number of benzene rings is 2.